The number of nitrogens with two attached hydrogens (primary N) is 1. The highest BCUT2D eigenvalue weighted by Gasteiger charge is 2.12. The number of methoxy groups -OCH3 is 2. The van der Waals surface area contributed by atoms with Crippen LogP contribution in [0, 0.1) is 0 Å². The number of rotatable bonds is 6. The second-order valence-electron chi connectivity index (χ2n) is 3.65. The summed E-state index contributed by atoms with van der Waals surface area (Å²) in [6.07, 6.45) is 0.0370. The summed E-state index contributed by atoms with van der Waals surface area (Å²) >= 11 is 0. The van der Waals surface area contributed by atoms with Gasteiger partial charge in [-0.15, -0.1) is 0 Å². The minimum atomic E-state index is 0.0370. The Hall–Kier alpha value is -1.26. The molecule has 1 aromatic rings. The van der Waals surface area contributed by atoms with Gasteiger partial charge in [-0.05, 0) is 12.1 Å². The second-order valence-corrected chi connectivity index (χ2v) is 3.65. The van der Waals surface area contributed by atoms with Crippen molar-refractivity contribution in [3.63, 3.8) is 0 Å². The summed E-state index contributed by atoms with van der Waals surface area (Å²) in [4.78, 5) is 2.08. The van der Waals surface area contributed by atoms with Crippen LogP contribution in [0.2, 0.25) is 0 Å². The summed E-state index contributed by atoms with van der Waals surface area (Å²) in [6, 6.07) is 7.89. The average Bonchev–Trinajstić information content (AvgIpc) is 2.35. The third-order valence-corrected chi connectivity index (χ3v) is 2.57. The number of anilines is 1. The quantitative estimate of drug-likeness (QED) is 0.786. The normalized spacial score (nSPS) is 12.2. The first-order valence-corrected chi connectivity index (χ1v) is 5.30. The van der Waals surface area contributed by atoms with E-state index in [0.717, 1.165) is 18.0 Å². The van der Waals surface area contributed by atoms with Gasteiger partial charge in [0.05, 0.1) is 18.9 Å². The van der Waals surface area contributed by atoms with Crippen LogP contribution in [0.3, 0.4) is 0 Å². The fraction of sp³-hybridized carbons (Fsp3) is 0.500. The smallest absolute Gasteiger partial charge is 0.142 e. The zero-order chi connectivity index (χ0) is 12.0. The van der Waals surface area contributed by atoms with Gasteiger partial charge in [-0.25, -0.2) is 0 Å². The summed E-state index contributed by atoms with van der Waals surface area (Å²) in [5.41, 5.74) is 6.64. The van der Waals surface area contributed by atoms with Crippen LogP contribution in [-0.4, -0.2) is 40.5 Å². The van der Waals surface area contributed by atoms with E-state index in [9.17, 15) is 0 Å². The highest BCUT2D eigenvalue weighted by molar-refractivity contribution is 5.57. The molecule has 0 saturated heterocycles. The van der Waals surface area contributed by atoms with E-state index < -0.39 is 0 Å². The van der Waals surface area contributed by atoms with Crippen LogP contribution in [0.1, 0.15) is 0 Å². The molecule has 0 saturated carbocycles. The summed E-state index contributed by atoms with van der Waals surface area (Å²) in [6.45, 7) is 1.25. The predicted molar refractivity (Wildman–Crippen MR) is 66.1 cm³/mol. The fourth-order valence-electron chi connectivity index (χ4n) is 1.59. The van der Waals surface area contributed by atoms with Crippen molar-refractivity contribution in [2.45, 2.75) is 6.10 Å². The Kier molecular flexibility index (Phi) is 5.08. The van der Waals surface area contributed by atoms with Crippen LogP contribution in [-0.2, 0) is 4.74 Å². The summed E-state index contributed by atoms with van der Waals surface area (Å²) in [5, 5.41) is 0. The van der Waals surface area contributed by atoms with E-state index in [1.165, 1.54) is 0 Å². The second kappa shape index (κ2) is 6.35. The van der Waals surface area contributed by atoms with Crippen LogP contribution in [0.4, 0.5) is 5.69 Å². The lowest BCUT2D eigenvalue weighted by Crippen LogP contribution is -2.35. The molecule has 16 heavy (non-hydrogen) atoms. The molecular formula is C12H20N2O2. The van der Waals surface area contributed by atoms with Crippen molar-refractivity contribution >= 4 is 5.69 Å². The van der Waals surface area contributed by atoms with Gasteiger partial charge >= 0.3 is 0 Å². The van der Waals surface area contributed by atoms with E-state index >= 15 is 0 Å². The van der Waals surface area contributed by atoms with Crippen molar-refractivity contribution in [3.8, 4) is 5.75 Å². The molecule has 0 aliphatic heterocycles. The van der Waals surface area contributed by atoms with Crippen molar-refractivity contribution in [1.82, 2.24) is 0 Å². The van der Waals surface area contributed by atoms with Crippen LogP contribution in [0.5, 0.6) is 5.75 Å². The maximum Gasteiger partial charge on any atom is 0.142 e. The molecule has 0 aromatic heterocycles. The molecule has 90 valence electrons. The first kappa shape index (κ1) is 12.8. The molecule has 1 aromatic carbocycles. The van der Waals surface area contributed by atoms with Gasteiger partial charge in [-0.1, -0.05) is 12.1 Å². The Morgan fingerprint density at radius 1 is 1.31 bits per heavy atom. The van der Waals surface area contributed by atoms with E-state index in [1.54, 1.807) is 14.2 Å². The zero-order valence-electron chi connectivity index (χ0n) is 10.1. The van der Waals surface area contributed by atoms with Crippen LogP contribution in [0.25, 0.3) is 0 Å². The largest absolute Gasteiger partial charge is 0.495 e. The molecule has 4 heteroatoms. The Labute approximate surface area is 96.9 Å². The average molecular weight is 224 g/mol. The molecule has 0 heterocycles. The van der Waals surface area contributed by atoms with Gasteiger partial charge < -0.3 is 20.1 Å². The molecule has 1 atom stereocenters. The predicted octanol–water partition coefficient (Wildman–Crippen LogP) is 1.11. The number of likely N-dealkylation sites (N-methyl/N-ethyl adjacent to an activating group) is 1. The molecule has 0 bridgehead atoms. The van der Waals surface area contributed by atoms with Crippen LogP contribution < -0.4 is 15.4 Å². The number of ether oxygens (including phenoxy) is 2. The molecule has 2 N–H and O–H groups in total. The lowest BCUT2D eigenvalue weighted by atomic mass is 10.2. The van der Waals surface area contributed by atoms with Crippen LogP contribution >= 0.6 is 0 Å². The summed E-state index contributed by atoms with van der Waals surface area (Å²) < 4.78 is 10.6. The first-order valence-electron chi connectivity index (χ1n) is 5.30. The van der Waals surface area contributed by atoms with Crippen LogP contribution in [0.15, 0.2) is 24.3 Å². The minimum absolute atomic E-state index is 0.0370. The zero-order valence-corrected chi connectivity index (χ0v) is 10.1. The molecule has 0 amide bonds. The van der Waals surface area contributed by atoms with Gasteiger partial charge in [0.2, 0.25) is 0 Å². The van der Waals surface area contributed by atoms with Gasteiger partial charge in [0.25, 0.3) is 0 Å². The number of nitrogens with zero attached hydrogens (tertiary/aromatic N) is 1. The Balaban J connectivity index is 2.75. The van der Waals surface area contributed by atoms with Gasteiger partial charge in [0.15, 0.2) is 0 Å². The lowest BCUT2D eigenvalue weighted by Gasteiger charge is -2.25. The summed E-state index contributed by atoms with van der Waals surface area (Å²) in [7, 11) is 5.34. The van der Waals surface area contributed by atoms with E-state index in [0.29, 0.717) is 6.54 Å². The molecular weight excluding hydrogens is 204 g/mol. The topological polar surface area (TPSA) is 47.7 Å². The minimum Gasteiger partial charge on any atom is -0.495 e. The molecule has 0 aliphatic rings. The van der Waals surface area contributed by atoms with Gasteiger partial charge in [-0.3, -0.25) is 0 Å². The first-order chi connectivity index (χ1) is 7.72. The molecule has 1 unspecified atom stereocenters. The maximum absolute atomic E-state index is 5.60. The van der Waals surface area contributed by atoms with E-state index in [1.807, 2.05) is 31.3 Å². The van der Waals surface area contributed by atoms with Crippen molar-refractivity contribution < 1.29 is 9.47 Å². The van der Waals surface area contributed by atoms with E-state index in [2.05, 4.69) is 4.90 Å². The number of hydrogen-bond donors (Lipinski definition) is 1. The van der Waals surface area contributed by atoms with Gasteiger partial charge in [0, 0.05) is 27.2 Å². The lowest BCUT2D eigenvalue weighted by molar-refractivity contribution is 0.115. The molecule has 1 rings (SSSR count). The van der Waals surface area contributed by atoms with Crippen molar-refractivity contribution in [1.29, 1.82) is 0 Å². The Morgan fingerprint density at radius 3 is 2.56 bits per heavy atom. The number of hydrogen-bond acceptors (Lipinski definition) is 4. The van der Waals surface area contributed by atoms with Crippen molar-refractivity contribution in [2.24, 2.45) is 5.73 Å². The van der Waals surface area contributed by atoms with E-state index in [4.69, 9.17) is 15.2 Å². The number of benzene rings is 1. The third-order valence-electron chi connectivity index (χ3n) is 2.57. The Bertz CT molecular complexity index is 314. The molecule has 0 radical (unpaired) electrons. The monoisotopic (exact) mass is 224 g/mol. The molecule has 0 aliphatic carbocycles. The highest BCUT2D eigenvalue weighted by atomic mass is 16.5. The van der Waals surface area contributed by atoms with Crippen molar-refractivity contribution in [2.75, 3.05) is 39.3 Å². The van der Waals surface area contributed by atoms with Crippen molar-refractivity contribution in [3.05, 3.63) is 24.3 Å². The maximum atomic E-state index is 5.60. The number of para-hydroxylation sites is 2. The summed E-state index contributed by atoms with van der Waals surface area (Å²) in [5.74, 6) is 0.858. The molecule has 0 spiro atoms. The van der Waals surface area contributed by atoms with Gasteiger partial charge in [0.1, 0.15) is 5.75 Å². The third kappa shape index (κ3) is 3.12. The van der Waals surface area contributed by atoms with E-state index in [-0.39, 0.29) is 6.10 Å². The molecule has 0 fully saturated rings. The highest BCUT2D eigenvalue weighted by Crippen LogP contribution is 2.26. The standard InChI is InChI=1S/C12H20N2O2/c1-14(9-10(8-13)15-2)11-6-4-5-7-12(11)16-3/h4-7,10H,8-9,13H2,1-3H3. The SMILES string of the molecule is COc1ccccc1N(C)CC(CN)OC. The fourth-order valence-corrected chi connectivity index (χ4v) is 1.59. The Morgan fingerprint density at radius 2 is 2.00 bits per heavy atom. The van der Waals surface area contributed by atoms with Gasteiger partial charge in [-0.2, -0.15) is 0 Å². The molecule has 4 nitrogen and oxygen atoms in total.